The Labute approximate surface area is 174 Å². The standard InChI is InChI=1S/C25H46NO2/c1-4-5-6-7-8-9-10-11-12-16-19-26(20-23(2)27,21-24(3)28)22-25-17-14-13-15-18-25/h13-15,17-18,23-24,27-28H,4-12,16,19-22H2,1-3H3/q+1/t23-,24-/m1/s1. The minimum atomic E-state index is -0.356. The lowest BCUT2D eigenvalue weighted by molar-refractivity contribution is -0.946. The number of benzene rings is 1. The summed E-state index contributed by atoms with van der Waals surface area (Å²) in [6.07, 6.45) is 12.6. The zero-order valence-corrected chi connectivity index (χ0v) is 18.8. The van der Waals surface area contributed by atoms with E-state index in [-0.39, 0.29) is 12.2 Å². The summed E-state index contributed by atoms with van der Waals surface area (Å²) in [6.45, 7) is 9.34. The Morgan fingerprint density at radius 1 is 0.714 bits per heavy atom. The van der Waals surface area contributed by atoms with Crippen molar-refractivity contribution in [3.63, 3.8) is 0 Å². The van der Waals surface area contributed by atoms with Gasteiger partial charge in [0, 0.05) is 5.56 Å². The van der Waals surface area contributed by atoms with Gasteiger partial charge in [-0.25, -0.2) is 0 Å². The summed E-state index contributed by atoms with van der Waals surface area (Å²) in [6, 6.07) is 10.5. The van der Waals surface area contributed by atoms with Crippen molar-refractivity contribution in [3.05, 3.63) is 35.9 Å². The van der Waals surface area contributed by atoms with Crippen LogP contribution in [0.3, 0.4) is 0 Å². The summed E-state index contributed by atoms with van der Waals surface area (Å²) in [5.74, 6) is 0. The fraction of sp³-hybridized carbons (Fsp3) is 0.760. The highest BCUT2D eigenvalue weighted by molar-refractivity contribution is 5.13. The lowest BCUT2D eigenvalue weighted by atomic mass is 10.1. The van der Waals surface area contributed by atoms with Gasteiger partial charge in [0.25, 0.3) is 0 Å². The highest BCUT2D eigenvalue weighted by atomic mass is 16.3. The van der Waals surface area contributed by atoms with Gasteiger partial charge in [-0.05, 0) is 26.7 Å². The van der Waals surface area contributed by atoms with Crippen LogP contribution in [-0.2, 0) is 6.54 Å². The fourth-order valence-electron chi connectivity index (χ4n) is 4.49. The molecule has 1 rings (SSSR count). The molecule has 1 aromatic carbocycles. The second kappa shape index (κ2) is 15.0. The second-order valence-electron chi connectivity index (χ2n) is 8.95. The molecular formula is C25H46NO2+. The molecule has 0 saturated carbocycles. The Hall–Kier alpha value is -0.900. The molecule has 0 aromatic heterocycles. The minimum Gasteiger partial charge on any atom is -0.388 e. The van der Waals surface area contributed by atoms with Crippen molar-refractivity contribution >= 4 is 0 Å². The molecule has 0 fully saturated rings. The minimum absolute atomic E-state index is 0.356. The fourth-order valence-corrected chi connectivity index (χ4v) is 4.49. The third-order valence-corrected chi connectivity index (χ3v) is 5.65. The molecule has 0 radical (unpaired) electrons. The maximum absolute atomic E-state index is 10.1. The van der Waals surface area contributed by atoms with E-state index in [0.717, 1.165) is 17.6 Å². The van der Waals surface area contributed by atoms with Crippen LogP contribution in [-0.4, -0.2) is 46.5 Å². The zero-order valence-electron chi connectivity index (χ0n) is 18.8. The van der Waals surface area contributed by atoms with Gasteiger partial charge in [0.2, 0.25) is 0 Å². The van der Waals surface area contributed by atoms with Gasteiger partial charge in [-0.3, -0.25) is 0 Å². The molecule has 162 valence electrons. The molecule has 0 saturated heterocycles. The summed E-state index contributed by atoms with van der Waals surface area (Å²) in [5, 5.41) is 20.3. The van der Waals surface area contributed by atoms with Crippen LogP contribution in [0.1, 0.15) is 90.5 Å². The number of aliphatic hydroxyl groups is 2. The van der Waals surface area contributed by atoms with Gasteiger partial charge in [-0.1, -0.05) is 88.6 Å². The smallest absolute Gasteiger partial charge is 0.105 e. The number of nitrogens with zero attached hydrogens (tertiary/aromatic N) is 1. The summed E-state index contributed by atoms with van der Waals surface area (Å²) in [4.78, 5) is 0. The molecule has 0 unspecified atom stereocenters. The first-order chi connectivity index (χ1) is 13.5. The molecule has 0 spiro atoms. The number of aliphatic hydroxyl groups excluding tert-OH is 2. The first-order valence-corrected chi connectivity index (χ1v) is 11.7. The molecule has 0 aliphatic heterocycles. The Bertz CT molecular complexity index is 463. The van der Waals surface area contributed by atoms with Crippen molar-refractivity contribution in [2.45, 2.75) is 104 Å². The number of unbranched alkanes of at least 4 members (excludes halogenated alkanes) is 9. The number of hydrogen-bond donors (Lipinski definition) is 2. The molecule has 0 aliphatic carbocycles. The van der Waals surface area contributed by atoms with Gasteiger partial charge in [-0.15, -0.1) is 0 Å². The van der Waals surface area contributed by atoms with E-state index in [1.54, 1.807) is 0 Å². The summed E-state index contributed by atoms with van der Waals surface area (Å²) < 4.78 is 0.774. The van der Waals surface area contributed by atoms with Gasteiger partial charge >= 0.3 is 0 Å². The van der Waals surface area contributed by atoms with Crippen LogP contribution in [0.15, 0.2) is 30.3 Å². The van der Waals surface area contributed by atoms with E-state index < -0.39 is 0 Å². The van der Waals surface area contributed by atoms with Crippen LogP contribution in [0.2, 0.25) is 0 Å². The van der Waals surface area contributed by atoms with Crippen LogP contribution < -0.4 is 0 Å². The zero-order chi connectivity index (χ0) is 20.7. The van der Waals surface area contributed by atoms with E-state index in [0.29, 0.717) is 13.1 Å². The number of rotatable bonds is 17. The maximum Gasteiger partial charge on any atom is 0.105 e. The maximum atomic E-state index is 10.1. The molecule has 0 aliphatic rings. The summed E-state index contributed by atoms with van der Waals surface area (Å²) >= 11 is 0. The van der Waals surface area contributed by atoms with Gasteiger partial charge < -0.3 is 14.7 Å². The normalized spacial score (nSPS) is 14.2. The predicted octanol–water partition coefficient (Wildman–Crippen LogP) is 5.69. The van der Waals surface area contributed by atoms with Crippen molar-refractivity contribution < 1.29 is 14.7 Å². The average molecular weight is 393 g/mol. The van der Waals surface area contributed by atoms with Crippen LogP contribution in [0.25, 0.3) is 0 Å². The molecule has 3 heteroatoms. The topological polar surface area (TPSA) is 40.5 Å². The third-order valence-electron chi connectivity index (χ3n) is 5.65. The van der Waals surface area contributed by atoms with Crippen LogP contribution in [0.5, 0.6) is 0 Å². The van der Waals surface area contributed by atoms with Gasteiger partial charge in [0.1, 0.15) is 31.8 Å². The highest BCUT2D eigenvalue weighted by Gasteiger charge is 2.30. The first-order valence-electron chi connectivity index (χ1n) is 11.7. The second-order valence-corrected chi connectivity index (χ2v) is 8.95. The van der Waals surface area contributed by atoms with E-state index in [4.69, 9.17) is 0 Å². The van der Waals surface area contributed by atoms with Crippen molar-refractivity contribution in [2.75, 3.05) is 19.6 Å². The monoisotopic (exact) mass is 392 g/mol. The Kier molecular flexibility index (Phi) is 13.5. The van der Waals surface area contributed by atoms with Crippen molar-refractivity contribution in [1.29, 1.82) is 0 Å². The Balaban J connectivity index is 2.48. The quantitative estimate of drug-likeness (QED) is 0.264. The van der Waals surface area contributed by atoms with E-state index in [1.807, 2.05) is 19.9 Å². The molecule has 2 N–H and O–H groups in total. The number of quaternary nitrogens is 1. The highest BCUT2D eigenvalue weighted by Crippen LogP contribution is 2.20. The predicted molar refractivity (Wildman–Crippen MR) is 120 cm³/mol. The molecule has 0 amide bonds. The number of hydrogen-bond acceptors (Lipinski definition) is 2. The van der Waals surface area contributed by atoms with Gasteiger partial charge in [-0.2, -0.15) is 0 Å². The molecule has 2 atom stereocenters. The molecule has 3 nitrogen and oxygen atoms in total. The van der Waals surface area contributed by atoms with Gasteiger partial charge in [0.05, 0.1) is 6.54 Å². The first kappa shape index (κ1) is 25.1. The molecule has 0 heterocycles. The largest absolute Gasteiger partial charge is 0.388 e. The molecule has 28 heavy (non-hydrogen) atoms. The van der Waals surface area contributed by atoms with Crippen LogP contribution in [0.4, 0.5) is 0 Å². The summed E-state index contributed by atoms with van der Waals surface area (Å²) in [7, 11) is 0. The average Bonchev–Trinajstić information content (AvgIpc) is 2.63. The van der Waals surface area contributed by atoms with E-state index >= 15 is 0 Å². The van der Waals surface area contributed by atoms with E-state index in [9.17, 15) is 10.2 Å². The third kappa shape index (κ3) is 11.8. The molecular weight excluding hydrogens is 346 g/mol. The molecule has 0 bridgehead atoms. The Morgan fingerprint density at radius 2 is 1.18 bits per heavy atom. The van der Waals surface area contributed by atoms with Crippen LogP contribution in [0, 0.1) is 0 Å². The van der Waals surface area contributed by atoms with Crippen molar-refractivity contribution in [1.82, 2.24) is 0 Å². The Morgan fingerprint density at radius 3 is 1.64 bits per heavy atom. The summed E-state index contributed by atoms with van der Waals surface area (Å²) in [5.41, 5.74) is 1.29. The van der Waals surface area contributed by atoms with E-state index in [1.165, 1.54) is 69.8 Å². The van der Waals surface area contributed by atoms with Crippen LogP contribution >= 0.6 is 0 Å². The van der Waals surface area contributed by atoms with Crippen molar-refractivity contribution in [3.8, 4) is 0 Å². The van der Waals surface area contributed by atoms with Gasteiger partial charge in [0.15, 0.2) is 0 Å². The SMILES string of the molecule is CCCCCCCCCCCC[N+](Cc1ccccc1)(C[C@@H](C)O)C[C@@H](C)O. The lowest BCUT2D eigenvalue weighted by Crippen LogP contribution is -2.54. The lowest BCUT2D eigenvalue weighted by Gasteiger charge is -2.41. The molecule has 1 aromatic rings. The van der Waals surface area contributed by atoms with Crippen molar-refractivity contribution in [2.24, 2.45) is 0 Å². The van der Waals surface area contributed by atoms with E-state index in [2.05, 4.69) is 31.2 Å².